The van der Waals surface area contributed by atoms with E-state index >= 15 is 0 Å². The van der Waals surface area contributed by atoms with Crippen LogP contribution in [0.2, 0.25) is 0 Å². The average Bonchev–Trinajstić information content (AvgIpc) is 2.38. The van der Waals surface area contributed by atoms with Gasteiger partial charge in [-0.3, -0.25) is 0 Å². The van der Waals surface area contributed by atoms with Gasteiger partial charge in [0.1, 0.15) is 0 Å². The van der Waals surface area contributed by atoms with Gasteiger partial charge in [0.2, 0.25) is 0 Å². The van der Waals surface area contributed by atoms with Gasteiger partial charge in [0, 0.05) is 13.1 Å². The highest BCUT2D eigenvalue weighted by atomic mass is 16.4. The number of carboxylic acid groups (broad SMARTS) is 1. The standard InChI is InChI=1S/C16H23NO3/c1-12-3-2-8-16(20,9-12)11-17-10-13-4-6-14(7-5-13)15(18)19/h4-7,12,17,20H,2-3,8-11H2,1H3,(H,18,19). The van der Waals surface area contributed by atoms with Crippen molar-refractivity contribution in [3.8, 4) is 0 Å². The molecule has 1 aromatic carbocycles. The molecule has 1 aliphatic rings. The Labute approximate surface area is 119 Å². The van der Waals surface area contributed by atoms with E-state index in [0.29, 0.717) is 24.6 Å². The van der Waals surface area contributed by atoms with Gasteiger partial charge in [-0.05, 0) is 36.5 Å². The lowest BCUT2D eigenvalue weighted by Gasteiger charge is -2.35. The molecule has 0 saturated heterocycles. The summed E-state index contributed by atoms with van der Waals surface area (Å²) in [5.74, 6) is -0.319. The molecule has 2 rings (SSSR count). The van der Waals surface area contributed by atoms with Crippen LogP contribution in [-0.4, -0.2) is 28.3 Å². The molecule has 0 aliphatic heterocycles. The lowest BCUT2D eigenvalue weighted by atomic mass is 9.79. The zero-order chi connectivity index (χ0) is 14.6. The summed E-state index contributed by atoms with van der Waals surface area (Å²) in [6, 6.07) is 6.83. The maximum Gasteiger partial charge on any atom is 0.335 e. The van der Waals surface area contributed by atoms with Crippen LogP contribution in [0.5, 0.6) is 0 Å². The second-order valence-corrected chi connectivity index (χ2v) is 6.03. The van der Waals surface area contributed by atoms with E-state index in [1.54, 1.807) is 12.1 Å². The highest BCUT2D eigenvalue weighted by Crippen LogP contribution is 2.31. The Balaban J connectivity index is 1.82. The highest BCUT2D eigenvalue weighted by Gasteiger charge is 2.31. The first-order chi connectivity index (χ1) is 9.48. The van der Waals surface area contributed by atoms with E-state index in [-0.39, 0.29) is 0 Å². The van der Waals surface area contributed by atoms with Crippen molar-refractivity contribution in [3.05, 3.63) is 35.4 Å². The van der Waals surface area contributed by atoms with E-state index in [2.05, 4.69) is 12.2 Å². The first kappa shape index (κ1) is 15.0. The van der Waals surface area contributed by atoms with E-state index in [0.717, 1.165) is 24.8 Å². The Morgan fingerprint density at radius 2 is 2.10 bits per heavy atom. The Hall–Kier alpha value is -1.39. The summed E-state index contributed by atoms with van der Waals surface area (Å²) >= 11 is 0. The van der Waals surface area contributed by atoms with Crippen molar-refractivity contribution in [1.29, 1.82) is 0 Å². The zero-order valence-corrected chi connectivity index (χ0v) is 11.9. The zero-order valence-electron chi connectivity index (χ0n) is 11.9. The topological polar surface area (TPSA) is 69.6 Å². The van der Waals surface area contributed by atoms with Crippen LogP contribution in [0.3, 0.4) is 0 Å². The predicted octanol–water partition coefficient (Wildman–Crippen LogP) is 2.42. The summed E-state index contributed by atoms with van der Waals surface area (Å²) in [6.07, 6.45) is 4.02. The Morgan fingerprint density at radius 3 is 2.70 bits per heavy atom. The molecule has 2 atom stereocenters. The molecule has 1 fully saturated rings. The van der Waals surface area contributed by atoms with Crippen molar-refractivity contribution in [2.45, 2.75) is 44.8 Å². The molecule has 4 heteroatoms. The number of carbonyl (C=O) groups is 1. The fraction of sp³-hybridized carbons (Fsp3) is 0.562. The monoisotopic (exact) mass is 277 g/mol. The number of rotatable bonds is 5. The maximum atomic E-state index is 10.8. The minimum absolute atomic E-state index is 0.300. The molecule has 1 saturated carbocycles. The minimum Gasteiger partial charge on any atom is -0.478 e. The van der Waals surface area contributed by atoms with Crippen molar-refractivity contribution in [3.63, 3.8) is 0 Å². The van der Waals surface area contributed by atoms with Crippen LogP contribution >= 0.6 is 0 Å². The molecule has 2 unspecified atom stereocenters. The van der Waals surface area contributed by atoms with Crippen molar-refractivity contribution in [2.24, 2.45) is 5.92 Å². The van der Waals surface area contributed by atoms with Gasteiger partial charge in [0.15, 0.2) is 0 Å². The molecular formula is C16H23NO3. The molecule has 0 aromatic heterocycles. The Bertz CT molecular complexity index is 457. The lowest BCUT2D eigenvalue weighted by molar-refractivity contribution is -0.0119. The first-order valence-electron chi connectivity index (χ1n) is 7.24. The van der Waals surface area contributed by atoms with Gasteiger partial charge in [-0.25, -0.2) is 4.79 Å². The Morgan fingerprint density at radius 1 is 1.40 bits per heavy atom. The first-order valence-corrected chi connectivity index (χ1v) is 7.24. The molecule has 0 amide bonds. The average molecular weight is 277 g/mol. The number of hydrogen-bond donors (Lipinski definition) is 3. The van der Waals surface area contributed by atoms with E-state index in [1.807, 2.05) is 12.1 Å². The van der Waals surface area contributed by atoms with E-state index in [1.165, 1.54) is 6.42 Å². The number of benzene rings is 1. The fourth-order valence-electron chi connectivity index (χ4n) is 3.00. The number of aromatic carboxylic acids is 1. The van der Waals surface area contributed by atoms with Crippen LogP contribution in [0.1, 0.15) is 48.5 Å². The van der Waals surface area contributed by atoms with E-state index < -0.39 is 11.6 Å². The summed E-state index contributed by atoms with van der Waals surface area (Å²) in [5, 5.41) is 22.6. The summed E-state index contributed by atoms with van der Waals surface area (Å²) < 4.78 is 0. The summed E-state index contributed by atoms with van der Waals surface area (Å²) in [6.45, 7) is 3.43. The number of carboxylic acids is 1. The molecule has 0 bridgehead atoms. The second-order valence-electron chi connectivity index (χ2n) is 6.03. The Kier molecular flexibility index (Phi) is 4.78. The SMILES string of the molecule is CC1CCCC(O)(CNCc2ccc(C(=O)O)cc2)C1. The largest absolute Gasteiger partial charge is 0.478 e. The van der Waals surface area contributed by atoms with Crippen LogP contribution in [0.25, 0.3) is 0 Å². The maximum absolute atomic E-state index is 10.8. The van der Waals surface area contributed by atoms with Gasteiger partial charge in [-0.1, -0.05) is 31.9 Å². The van der Waals surface area contributed by atoms with Gasteiger partial charge >= 0.3 is 5.97 Å². The minimum atomic E-state index is -0.907. The van der Waals surface area contributed by atoms with Crippen molar-refractivity contribution in [2.75, 3.05) is 6.54 Å². The number of hydrogen-bond acceptors (Lipinski definition) is 3. The van der Waals surface area contributed by atoms with Crippen molar-refractivity contribution < 1.29 is 15.0 Å². The van der Waals surface area contributed by atoms with Crippen LogP contribution in [0.4, 0.5) is 0 Å². The van der Waals surface area contributed by atoms with Crippen LogP contribution in [-0.2, 0) is 6.54 Å². The molecule has 3 N–H and O–H groups in total. The number of nitrogens with one attached hydrogen (secondary N) is 1. The van der Waals surface area contributed by atoms with Gasteiger partial charge in [0.05, 0.1) is 11.2 Å². The van der Waals surface area contributed by atoms with E-state index in [9.17, 15) is 9.90 Å². The normalized spacial score (nSPS) is 26.4. The third kappa shape index (κ3) is 4.05. The van der Waals surface area contributed by atoms with Crippen molar-refractivity contribution in [1.82, 2.24) is 5.32 Å². The van der Waals surface area contributed by atoms with Crippen LogP contribution in [0.15, 0.2) is 24.3 Å². The lowest BCUT2D eigenvalue weighted by Crippen LogP contribution is -2.43. The van der Waals surface area contributed by atoms with Gasteiger partial charge < -0.3 is 15.5 Å². The molecule has 1 aromatic rings. The molecule has 20 heavy (non-hydrogen) atoms. The van der Waals surface area contributed by atoms with Crippen LogP contribution < -0.4 is 5.32 Å². The van der Waals surface area contributed by atoms with Gasteiger partial charge in [0.25, 0.3) is 0 Å². The van der Waals surface area contributed by atoms with Gasteiger partial charge in [-0.15, -0.1) is 0 Å². The summed E-state index contributed by atoms with van der Waals surface area (Å²) in [5.41, 5.74) is 0.745. The summed E-state index contributed by atoms with van der Waals surface area (Å²) in [7, 11) is 0. The second kappa shape index (κ2) is 6.37. The van der Waals surface area contributed by atoms with Gasteiger partial charge in [-0.2, -0.15) is 0 Å². The fourth-order valence-corrected chi connectivity index (χ4v) is 3.00. The quantitative estimate of drug-likeness (QED) is 0.773. The third-order valence-corrected chi connectivity index (χ3v) is 4.05. The molecular weight excluding hydrogens is 254 g/mol. The molecule has 110 valence electrons. The molecule has 0 radical (unpaired) electrons. The highest BCUT2D eigenvalue weighted by molar-refractivity contribution is 5.87. The van der Waals surface area contributed by atoms with Crippen molar-refractivity contribution >= 4 is 5.97 Å². The predicted molar refractivity (Wildman–Crippen MR) is 77.7 cm³/mol. The smallest absolute Gasteiger partial charge is 0.335 e. The molecule has 0 heterocycles. The number of aliphatic hydroxyl groups is 1. The molecule has 1 aliphatic carbocycles. The molecule has 4 nitrogen and oxygen atoms in total. The molecule has 0 spiro atoms. The summed E-state index contributed by atoms with van der Waals surface area (Å²) in [4.78, 5) is 10.8. The third-order valence-electron chi connectivity index (χ3n) is 4.05. The van der Waals surface area contributed by atoms with Crippen LogP contribution in [0, 0.1) is 5.92 Å². The van der Waals surface area contributed by atoms with E-state index in [4.69, 9.17) is 5.11 Å².